The fraction of sp³-hybridized carbons (Fsp3) is 0.875. The smallest absolute Gasteiger partial charge is 0.243 e. The summed E-state index contributed by atoms with van der Waals surface area (Å²) >= 11 is 0. The van der Waals surface area contributed by atoms with E-state index in [9.17, 15) is 9.59 Å². The maximum Gasteiger partial charge on any atom is 0.243 e. The second-order valence-electron chi connectivity index (χ2n) is 6.43. The molecule has 0 aliphatic carbocycles. The molecule has 5 nitrogen and oxygen atoms in total. The summed E-state index contributed by atoms with van der Waals surface area (Å²) in [5.41, 5.74) is 0. The van der Waals surface area contributed by atoms with E-state index < -0.39 is 0 Å². The predicted molar refractivity (Wildman–Crippen MR) is 90.1 cm³/mol. The molecule has 0 radical (unpaired) electrons. The molecular weight excluding hydrogens is 302 g/mol. The zero-order valence-corrected chi connectivity index (χ0v) is 14.6. The van der Waals surface area contributed by atoms with Crippen LogP contribution < -0.4 is 10.6 Å². The second kappa shape index (κ2) is 9.36. The van der Waals surface area contributed by atoms with Crippen molar-refractivity contribution in [3.63, 3.8) is 0 Å². The highest BCUT2D eigenvalue weighted by atomic mass is 35.5. The first-order valence-corrected chi connectivity index (χ1v) is 8.45. The lowest BCUT2D eigenvalue weighted by molar-refractivity contribution is -0.142. The lowest BCUT2D eigenvalue weighted by atomic mass is 9.97. The molecule has 0 bridgehead atoms. The van der Waals surface area contributed by atoms with E-state index in [4.69, 9.17) is 0 Å². The van der Waals surface area contributed by atoms with E-state index in [1.54, 1.807) is 0 Å². The number of nitrogens with one attached hydrogen (secondary N) is 2. The van der Waals surface area contributed by atoms with Gasteiger partial charge in [-0.15, -0.1) is 12.4 Å². The van der Waals surface area contributed by atoms with E-state index in [0.29, 0.717) is 12.5 Å². The summed E-state index contributed by atoms with van der Waals surface area (Å²) in [4.78, 5) is 26.6. The van der Waals surface area contributed by atoms with Gasteiger partial charge >= 0.3 is 0 Å². The van der Waals surface area contributed by atoms with E-state index in [2.05, 4.69) is 17.6 Å². The molecule has 3 unspecified atom stereocenters. The SMILES string of the molecule is CCCC(=O)N1CCCCC1C(=O)NC1CCNC(C)C1.Cl. The first-order valence-electron chi connectivity index (χ1n) is 8.45. The van der Waals surface area contributed by atoms with Crippen molar-refractivity contribution >= 4 is 24.2 Å². The van der Waals surface area contributed by atoms with Gasteiger partial charge in [0.15, 0.2) is 0 Å². The molecule has 0 spiro atoms. The summed E-state index contributed by atoms with van der Waals surface area (Å²) in [5, 5.41) is 6.57. The largest absolute Gasteiger partial charge is 0.351 e. The van der Waals surface area contributed by atoms with Crippen molar-refractivity contribution in [2.45, 2.75) is 76.9 Å². The third kappa shape index (κ3) is 5.13. The van der Waals surface area contributed by atoms with Crippen LogP contribution in [0, 0.1) is 0 Å². The van der Waals surface area contributed by atoms with E-state index in [0.717, 1.165) is 51.6 Å². The monoisotopic (exact) mass is 331 g/mol. The normalized spacial score (nSPS) is 28.6. The van der Waals surface area contributed by atoms with Gasteiger partial charge in [-0.25, -0.2) is 0 Å². The molecular formula is C16H30ClN3O2. The number of hydrogen-bond acceptors (Lipinski definition) is 3. The molecule has 3 atom stereocenters. The Morgan fingerprint density at radius 3 is 2.73 bits per heavy atom. The molecule has 128 valence electrons. The van der Waals surface area contributed by atoms with Gasteiger partial charge in [-0.3, -0.25) is 9.59 Å². The molecule has 22 heavy (non-hydrogen) atoms. The summed E-state index contributed by atoms with van der Waals surface area (Å²) in [6, 6.07) is 0.454. The van der Waals surface area contributed by atoms with Crippen LogP contribution in [0.15, 0.2) is 0 Å². The average molecular weight is 332 g/mol. The van der Waals surface area contributed by atoms with E-state index >= 15 is 0 Å². The summed E-state index contributed by atoms with van der Waals surface area (Å²) < 4.78 is 0. The molecule has 2 amide bonds. The van der Waals surface area contributed by atoms with Crippen molar-refractivity contribution in [2.24, 2.45) is 0 Å². The topological polar surface area (TPSA) is 61.4 Å². The van der Waals surface area contributed by atoms with E-state index in [-0.39, 0.29) is 36.3 Å². The molecule has 2 N–H and O–H groups in total. The van der Waals surface area contributed by atoms with Gasteiger partial charge in [0.05, 0.1) is 0 Å². The number of halogens is 1. The lowest BCUT2D eigenvalue weighted by Crippen LogP contribution is -2.55. The molecule has 2 heterocycles. The molecule has 6 heteroatoms. The van der Waals surface area contributed by atoms with Gasteiger partial charge in [0.2, 0.25) is 11.8 Å². The Morgan fingerprint density at radius 1 is 1.27 bits per heavy atom. The molecule has 2 saturated heterocycles. The van der Waals surface area contributed by atoms with Crippen molar-refractivity contribution in [1.82, 2.24) is 15.5 Å². The Labute approximate surface area is 140 Å². The number of rotatable bonds is 4. The zero-order valence-electron chi connectivity index (χ0n) is 13.8. The Balaban J connectivity index is 0.00000242. The molecule has 0 aromatic rings. The van der Waals surface area contributed by atoms with Gasteiger partial charge < -0.3 is 15.5 Å². The molecule has 2 fully saturated rings. The first-order chi connectivity index (χ1) is 10.1. The van der Waals surface area contributed by atoms with Gasteiger partial charge in [-0.05, 0) is 52.0 Å². The molecule has 2 aliphatic rings. The van der Waals surface area contributed by atoms with Crippen LogP contribution in [0.5, 0.6) is 0 Å². The van der Waals surface area contributed by atoms with Crippen LogP contribution in [-0.2, 0) is 9.59 Å². The zero-order chi connectivity index (χ0) is 15.2. The van der Waals surface area contributed by atoms with Gasteiger partial charge in [0.25, 0.3) is 0 Å². The number of carbonyl (C=O) groups excluding carboxylic acids is 2. The first kappa shape index (κ1) is 19.2. The molecule has 2 aliphatic heterocycles. The highest BCUT2D eigenvalue weighted by Crippen LogP contribution is 2.19. The molecule has 0 aromatic heterocycles. The number of likely N-dealkylation sites (tertiary alicyclic amines) is 1. The minimum Gasteiger partial charge on any atom is -0.351 e. The number of hydrogen-bond donors (Lipinski definition) is 2. The van der Waals surface area contributed by atoms with Gasteiger partial charge in [-0.2, -0.15) is 0 Å². The summed E-state index contributed by atoms with van der Waals surface area (Å²) in [6.07, 6.45) is 6.21. The third-order valence-corrected chi connectivity index (χ3v) is 4.56. The number of nitrogens with zero attached hydrogens (tertiary/aromatic N) is 1. The van der Waals surface area contributed by atoms with Crippen LogP contribution in [0.4, 0.5) is 0 Å². The van der Waals surface area contributed by atoms with Crippen molar-refractivity contribution in [3.05, 3.63) is 0 Å². The summed E-state index contributed by atoms with van der Waals surface area (Å²) in [7, 11) is 0. The maximum atomic E-state index is 12.6. The molecule has 0 aromatic carbocycles. The van der Waals surface area contributed by atoms with Crippen molar-refractivity contribution in [3.8, 4) is 0 Å². The van der Waals surface area contributed by atoms with Gasteiger partial charge in [-0.1, -0.05) is 6.92 Å². The third-order valence-electron chi connectivity index (χ3n) is 4.56. The number of amides is 2. The molecule has 0 saturated carbocycles. The van der Waals surface area contributed by atoms with Crippen LogP contribution in [0.25, 0.3) is 0 Å². The van der Waals surface area contributed by atoms with E-state index in [1.807, 2.05) is 11.8 Å². The standard InChI is InChI=1S/C16H29N3O2.ClH/c1-3-6-15(20)19-10-5-4-7-14(19)16(21)18-13-8-9-17-12(2)11-13;/h12-14,17H,3-11H2,1-2H3,(H,18,21);1H. The lowest BCUT2D eigenvalue weighted by Gasteiger charge is -2.37. The predicted octanol–water partition coefficient (Wildman–Crippen LogP) is 1.85. The number of piperidine rings is 2. The fourth-order valence-corrected chi connectivity index (χ4v) is 3.42. The van der Waals surface area contributed by atoms with Crippen LogP contribution >= 0.6 is 12.4 Å². The minimum absolute atomic E-state index is 0. The quantitative estimate of drug-likeness (QED) is 0.826. The van der Waals surface area contributed by atoms with Gasteiger partial charge in [0.1, 0.15) is 6.04 Å². The highest BCUT2D eigenvalue weighted by Gasteiger charge is 2.33. The summed E-state index contributed by atoms with van der Waals surface area (Å²) in [6.45, 7) is 5.85. The Hall–Kier alpha value is -0.810. The van der Waals surface area contributed by atoms with Crippen molar-refractivity contribution in [2.75, 3.05) is 13.1 Å². The minimum atomic E-state index is -0.247. The average Bonchev–Trinajstić information content (AvgIpc) is 2.47. The van der Waals surface area contributed by atoms with E-state index in [1.165, 1.54) is 0 Å². The number of carbonyl (C=O) groups is 2. The summed E-state index contributed by atoms with van der Waals surface area (Å²) in [5.74, 6) is 0.189. The Kier molecular flexibility index (Phi) is 8.18. The Morgan fingerprint density at radius 2 is 2.05 bits per heavy atom. The van der Waals surface area contributed by atoms with Gasteiger partial charge in [0, 0.05) is 25.0 Å². The van der Waals surface area contributed by atoms with Crippen LogP contribution in [-0.4, -0.2) is 47.9 Å². The second-order valence-corrected chi connectivity index (χ2v) is 6.43. The van der Waals surface area contributed by atoms with Crippen LogP contribution in [0.2, 0.25) is 0 Å². The Bertz CT molecular complexity index is 378. The van der Waals surface area contributed by atoms with Crippen molar-refractivity contribution in [1.29, 1.82) is 0 Å². The highest BCUT2D eigenvalue weighted by molar-refractivity contribution is 5.88. The van der Waals surface area contributed by atoms with Crippen molar-refractivity contribution < 1.29 is 9.59 Å². The maximum absolute atomic E-state index is 12.6. The van der Waals surface area contributed by atoms with Crippen LogP contribution in [0.1, 0.15) is 58.8 Å². The fourth-order valence-electron chi connectivity index (χ4n) is 3.42. The van der Waals surface area contributed by atoms with Crippen LogP contribution in [0.3, 0.4) is 0 Å². The molecule has 2 rings (SSSR count).